The maximum Gasteiger partial charge on any atom is 0.240 e. The van der Waals surface area contributed by atoms with E-state index < -0.39 is 16.1 Å². The second kappa shape index (κ2) is 8.50. The number of carbonyl (C=O) groups is 1. The maximum atomic E-state index is 12.3. The van der Waals surface area contributed by atoms with Gasteiger partial charge in [0.1, 0.15) is 6.04 Å². The van der Waals surface area contributed by atoms with Gasteiger partial charge in [-0.2, -0.15) is 0 Å². The standard InChI is InChI=1S/C12H26N2O4S/c1-5-14(7-6-8-15)12(16)11(9-10(2)3)13-19(4,17)18/h10-11,13,15H,5-9H2,1-4H3. The molecule has 0 aliphatic carbocycles. The summed E-state index contributed by atoms with van der Waals surface area (Å²) < 4.78 is 25.1. The van der Waals surface area contributed by atoms with Gasteiger partial charge in [-0.25, -0.2) is 13.1 Å². The van der Waals surface area contributed by atoms with E-state index in [0.717, 1.165) is 6.26 Å². The molecule has 0 saturated heterocycles. The minimum atomic E-state index is -3.42. The molecule has 0 radical (unpaired) electrons. The molecule has 0 aromatic carbocycles. The van der Waals surface area contributed by atoms with Crippen molar-refractivity contribution >= 4 is 15.9 Å². The highest BCUT2D eigenvalue weighted by Gasteiger charge is 2.26. The summed E-state index contributed by atoms with van der Waals surface area (Å²) in [6.45, 7) is 6.66. The lowest BCUT2D eigenvalue weighted by Gasteiger charge is -2.27. The number of nitrogens with zero attached hydrogens (tertiary/aromatic N) is 1. The monoisotopic (exact) mass is 294 g/mol. The topological polar surface area (TPSA) is 86.7 Å². The van der Waals surface area contributed by atoms with Crippen LogP contribution < -0.4 is 4.72 Å². The van der Waals surface area contributed by atoms with Crippen LogP contribution in [0.4, 0.5) is 0 Å². The number of aliphatic hydroxyl groups is 1. The van der Waals surface area contributed by atoms with Crippen molar-refractivity contribution in [3.8, 4) is 0 Å². The van der Waals surface area contributed by atoms with Gasteiger partial charge in [-0.15, -0.1) is 0 Å². The molecule has 0 spiro atoms. The van der Waals surface area contributed by atoms with Crippen LogP contribution in [-0.4, -0.2) is 56.3 Å². The molecule has 0 aliphatic rings. The number of rotatable bonds is 9. The lowest BCUT2D eigenvalue weighted by molar-refractivity contribution is -0.133. The van der Waals surface area contributed by atoms with Crippen molar-refractivity contribution in [2.75, 3.05) is 26.0 Å². The van der Waals surface area contributed by atoms with Crippen molar-refractivity contribution in [1.29, 1.82) is 0 Å². The zero-order valence-corrected chi connectivity index (χ0v) is 13.0. The Morgan fingerprint density at radius 1 is 1.37 bits per heavy atom. The van der Waals surface area contributed by atoms with Gasteiger partial charge in [0.05, 0.1) is 6.26 Å². The maximum absolute atomic E-state index is 12.3. The molecule has 0 aliphatic heterocycles. The third-order valence-corrected chi connectivity index (χ3v) is 3.35. The molecule has 2 N–H and O–H groups in total. The minimum Gasteiger partial charge on any atom is -0.396 e. The Labute approximate surface area is 116 Å². The number of nitrogens with one attached hydrogen (secondary N) is 1. The summed E-state index contributed by atoms with van der Waals surface area (Å²) in [5.74, 6) is -0.0187. The van der Waals surface area contributed by atoms with Gasteiger partial charge >= 0.3 is 0 Å². The Morgan fingerprint density at radius 2 is 1.95 bits per heavy atom. The molecule has 0 saturated carbocycles. The second-order valence-corrected chi connectivity index (χ2v) is 6.85. The molecule has 1 unspecified atom stereocenters. The fourth-order valence-corrected chi connectivity index (χ4v) is 2.55. The fraction of sp³-hybridized carbons (Fsp3) is 0.917. The number of hydrogen-bond acceptors (Lipinski definition) is 4. The number of carbonyl (C=O) groups excluding carboxylic acids is 1. The Hall–Kier alpha value is -0.660. The average Bonchev–Trinajstić information content (AvgIpc) is 2.26. The molecule has 1 atom stereocenters. The van der Waals surface area contributed by atoms with Crippen LogP contribution >= 0.6 is 0 Å². The quantitative estimate of drug-likeness (QED) is 0.635. The lowest BCUT2D eigenvalue weighted by Crippen LogP contribution is -2.49. The molecule has 0 rings (SSSR count). The third-order valence-electron chi connectivity index (χ3n) is 2.64. The van der Waals surface area contributed by atoms with Crippen molar-refractivity contribution in [3.05, 3.63) is 0 Å². The van der Waals surface area contributed by atoms with Crippen molar-refractivity contribution in [2.24, 2.45) is 5.92 Å². The molecule has 0 fully saturated rings. The largest absolute Gasteiger partial charge is 0.396 e. The first-order chi connectivity index (χ1) is 8.71. The summed E-state index contributed by atoms with van der Waals surface area (Å²) in [5.41, 5.74) is 0. The van der Waals surface area contributed by atoms with Crippen LogP contribution in [0.15, 0.2) is 0 Å². The van der Waals surface area contributed by atoms with E-state index in [2.05, 4.69) is 4.72 Å². The van der Waals surface area contributed by atoms with E-state index in [1.54, 1.807) is 4.90 Å². The minimum absolute atomic E-state index is 0.0120. The van der Waals surface area contributed by atoms with Gasteiger partial charge in [0.2, 0.25) is 15.9 Å². The van der Waals surface area contributed by atoms with E-state index in [-0.39, 0.29) is 18.4 Å². The van der Waals surface area contributed by atoms with Gasteiger partial charge in [0.25, 0.3) is 0 Å². The SMILES string of the molecule is CCN(CCCO)C(=O)C(CC(C)C)NS(C)(=O)=O. The summed E-state index contributed by atoms with van der Waals surface area (Å²) >= 11 is 0. The number of sulfonamides is 1. The number of likely N-dealkylation sites (N-methyl/N-ethyl adjacent to an activating group) is 1. The molecule has 1 amide bonds. The van der Waals surface area contributed by atoms with Gasteiger partial charge in [-0.3, -0.25) is 4.79 Å². The second-order valence-electron chi connectivity index (χ2n) is 5.07. The molecule has 0 heterocycles. The van der Waals surface area contributed by atoms with E-state index in [1.165, 1.54) is 0 Å². The van der Waals surface area contributed by atoms with Crippen LogP contribution in [0.25, 0.3) is 0 Å². The first-order valence-electron chi connectivity index (χ1n) is 6.58. The molecule has 7 heteroatoms. The van der Waals surface area contributed by atoms with Crippen molar-refractivity contribution in [3.63, 3.8) is 0 Å². The molecule has 6 nitrogen and oxygen atoms in total. The molecule has 0 bridgehead atoms. The molecule has 19 heavy (non-hydrogen) atoms. The fourth-order valence-electron chi connectivity index (χ4n) is 1.84. The summed E-state index contributed by atoms with van der Waals surface area (Å²) in [5, 5.41) is 8.81. The van der Waals surface area contributed by atoms with Gasteiger partial charge in [-0.1, -0.05) is 13.8 Å². The first kappa shape index (κ1) is 18.3. The number of aliphatic hydroxyl groups excluding tert-OH is 1. The summed E-state index contributed by atoms with van der Waals surface area (Å²) in [6.07, 6.45) is 2.01. The van der Waals surface area contributed by atoms with Gasteiger partial charge in [-0.05, 0) is 25.7 Å². The zero-order chi connectivity index (χ0) is 15.1. The molecular weight excluding hydrogens is 268 g/mol. The van der Waals surface area contributed by atoms with Crippen molar-refractivity contribution in [1.82, 2.24) is 9.62 Å². The van der Waals surface area contributed by atoms with E-state index in [1.807, 2.05) is 20.8 Å². The predicted molar refractivity (Wildman–Crippen MR) is 75.2 cm³/mol. The van der Waals surface area contributed by atoms with E-state index in [0.29, 0.717) is 25.9 Å². The highest BCUT2D eigenvalue weighted by atomic mass is 32.2. The lowest BCUT2D eigenvalue weighted by atomic mass is 10.0. The Balaban J connectivity index is 4.85. The summed E-state index contributed by atoms with van der Waals surface area (Å²) in [4.78, 5) is 13.9. The van der Waals surface area contributed by atoms with Crippen LogP contribution in [-0.2, 0) is 14.8 Å². The number of hydrogen-bond donors (Lipinski definition) is 2. The molecule has 0 aromatic rings. The van der Waals surface area contributed by atoms with Crippen molar-refractivity contribution in [2.45, 2.75) is 39.7 Å². The van der Waals surface area contributed by atoms with E-state index in [9.17, 15) is 13.2 Å². The van der Waals surface area contributed by atoms with Crippen molar-refractivity contribution < 1.29 is 18.3 Å². The van der Waals surface area contributed by atoms with Crippen LogP contribution in [0.5, 0.6) is 0 Å². The average molecular weight is 294 g/mol. The van der Waals surface area contributed by atoms with Crippen LogP contribution in [0.2, 0.25) is 0 Å². The van der Waals surface area contributed by atoms with E-state index >= 15 is 0 Å². The van der Waals surface area contributed by atoms with Gasteiger partial charge in [0.15, 0.2) is 0 Å². The Bertz CT molecular complexity index is 368. The smallest absolute Gasteiger partial charge is 0.240 e. The molecule has 114 valence electrons. The third kappa shape index (κ3) is 8.18. The Morgan fingerprint density at radius 3 is 2.32 bits per heavy atom. The first-order valence-corrected chi connectivity index (χ1v) is 8.47. The van der Waals surface area contributed by atoms with Crippen LogP contribution in [0, 0.1) is 5.92 Å². The Kier molecular flexibility index (Phi) is 8.20. The summed E-state index contributed by atoms with van der Waals surface area (Å²) in [6, 6.07) is -0.728. The zero-order valence-electron chi connectivity index (χ0n) is 12.2. The normalized spacial score (nSPS) is 13.6. The molecular formula is C12H26N2O4S. The molecule has 0 aromatic heterocycles. The van der Waals surface area contributed by atoms with Gasteiger partial charge in [0, 0.05) is 19.7 Å². The highest BCUT2D eigenvalue weighted by Crippen LogP contribution is 2.09. The number of amides is 1. The van der Waals surface area contributed by atoms with Crippen LogP contribution in [0.3, 0.4) is 0 Å². The van der Waals surface area contributed by atoms with E-state index in [4.69, 9.17) is 5.11 Å². The van der Waals surface area contributed by atoms with Crippen LogP contribution in [0.1, 0.15) is 33.6 Å². The predicted octanol–water partition coefficient (Wildman–Crippen LogP) is 0.181. The van der Waals surface area contributed by atoms with Gasteiger partial charge < -0.3 is 10.0 Å². The highest BCUT2D eigenvalue weighted by molar-refractivity contribution is 7.88. The summed E-state index contributed by atoms with van der Waals surface area (Å²) in [7, 11) is -3.42.